The van der Waals surface area contributed by atoms with Crippen molar-refractivity contribution in [3.8, 4) is 11.5 Å². The van der Waals surface area contributed by atoms with Gasteiger partial charge < -0.3 is 19.5 Å². The molecule has 0 radical (unpaired) electrons. The Kier molecular flexibility index (Phi) is 6.98. The number of hydrogen-bond acceptors (Lipinski definition) is 7. The fourth-order valence-electron chi connectivity index (χ4n) is 4.02. The normalized spacial score (nSPS) is 17.3. The lowest BCUT2D eigenvalue weighted by molar-refractivity contribution is -0.140. The molecule has 4 rings (SSSR count). The van der Waals surface area contributed by atoms with Crippen LogP contribution in [0.15, 0.2) is 59.6 Å². The zero-order valence-corrected chi connectivity index (χ0v) is 20.1. The molecular weight excluding hydrogens is 452 g/mol. The highest BCUT2D eigenvalue weighted by Crippen LogP contribution is 2.44. The number of aliphatic hydroxyl groups is 1. The summed E-state index contributed by atoms with van der Waals surface area (Å²) in [5, 5.41) is 13.3. The third kappa shape index (κ3) is 4.41. The highest BCUT2D eigenvalue weighted by atomic mass is 32.1. The number of rotatable bonds is 8. The van der Waals surface area contributed by atoms with Crippen LogP contribution >= 0.6 is 11.3 Å². The Hall–Kier alpha value is -3.65. The van der Waals surface area contributed by atoms with Crippen LogP contribution in [0.5, 0.6) is 11.5 Å². The maximum atomic E-state index is 13.3. The van der Waals surface area contributed by atoms with Gasteiger partial charge in [0.2, 0.25) is 0 Å². The molecule has 1 aromatic carbocycles. The Morgan fingerprint density at radius 2 is 1.91 bits per heavy atom. The number of aromatic nitrogens is 1. The Labute approximate surface area is 202 Å². The molecule has 2 aromatic heterocycles. The average molecular weight is 479 g/mol. The second kappa shape index (κ2) is 10.1. The Morgan fingerprint density at radius 1 is 1.12 bits per heavy atom. The molecule has 0 spiro atoms. The summed E-state index contributed by atoms with van der Waals surface area (Å²) in [7, 11) is 0. The minimum Gasteiger partial charge on any atom is -0.507 e. The van der Waals surface area contributed by atoms with Gasteiger partial charge >= 0.3 is 0 Å². The molecule has 176 valence electrons. The van der Waals surface area contributed by atoms with E-state index in [-0.39, 0.29) is 17.9 Å². The molecule has 1 aliphatic rings. The van der Waals surface area contributed by atoms with Crippen LogP contribution < -0.4 is 9.47 Å². The summed E-state index contributed by atoms with van der Waals surface area (Å²) >= 11 is 1.44. The summed E-state index contributed by atoms with van der Waals surface area (Å²) in [6, 6.07) is 11.7. The fourth-order valence-corrected chi connectivity index (χ4v) is 5.07. The van der Waals surface area contributed by atoms with Crippen LogP contribution in [0, 0.1) is 6.92 Å². The van der Waals surface area contributed by atoms with Crippen molar-refractivity contribution in [1.82, 2.24) is 9.88 Å². The van der Waals surface area contributed by atoms with Gasteiger partial charge in [-0.3, -0.25) is 14.6 Å². The first-order chi connectivity index (χ1) is 16.5. The van der Waals surface area contributed by atoms with Crippen molar-refractivity contribution in [1.29, 1.82) is 0 Å². The molecule has 1 amide bonds. The zero-order valence-electron chi connectivity index (χ0n) is 19.3. The number of amides is 1. The molecule has 0 aliphatic carbocycles. The van der Waals surface area contributed by atoms with Gasteiger partial charge in [0.05, 0.1) is 36.6 Å². The number of Topliss-reactive ketones (excluding diaryl/α,β-unsaturated/α-hetero) is 1. The number of pyridine rings is 1. The number of nitrogens with zero attached hydrogens (tertiary/aromatic N) is 2. The standard InChI is InChI=1S/C26H26N2O5S/c1-4-32-18-9-10-19(20(14-18)33-5-2)23(29)21-22(25-16(3)11-13-34-25)28(26(31)24(21)30)15-17-8-6-7-12-27-17/h6-14,22,29H,4-5,15H2,1-3H3/b23-21+. The van der Waals surface area contributed by atoms with Crippen LogP contribution in [0.3, 0.4) is 0 Å². The van der Waals surface area contributed by atoms with Gasteiger partial charge in [-0.25, -0.2) is 0 Å². The molecule has 1 unspecified atom stereocenters. The molecule has 1 N–H and O–H groups in total. The summed E-state index contributed by atoms with van der Waals surface area (Å²) < 4.78 is 11.3. The molecule has 7 nitrogen and oxygen atoms in total. The van der Waals surface area contributed by atoms with E-state index < -0.39 is 17.7 Å². The lowest BCUT2D eigenvalue weighted by Crippen LogP contribution is -2.29. The number of hydrogen-bond donors (Lipinski definition) is 1. The molecule has 8 heteroatoms. The summed E-state index contributed by atoms with van der Waals surface area (Å²) in [6.07, 6.45) is 1.64. The SMILES string of the molecule is CCOc1ccc(/C(O)=C2\C(=O)C(=O)N(Cc3ccccn3)C2c2sccc2C)c(OCC)c1. The van der Waals surface area contributed by atoms with Gasteiger partial charge in [0, 0.05) is 17.1 Å². The van der Waals surface area contributed by atoms with Crippen LogP contribution in [0.1, 0.15) is 41.6 Å². The Bertz CT molecular complexity index is 1230. The van der Waals surface area contributed by atoms with E-state index in [4.69, 9.17) is 9.47 Å². The van der Waals surface area contributed by atoms with Gasteiger partial charge in [0.15, 0.2) is 0 Å². The van der Waals surface area contributed by atoms with E-state index in [0.717, 1.165) is 10.4 Å². The maximum Gasteiger partial charge on any atom is 0.296 e. The van der Waals surface area contributed by atoms with Crippen molar-refractivity contribution in [3.63, 3.8) is 0 Å². The number of carbonyl (C=O) groups excluding carboxylic acids is 2. The number of aryl methyl sites for hydroxylation is 1. The Balaban J connectivity index is 1.87. The number of aliphatic hydroxyl groups excluding tert-OH is 1. The highest BCUT2D eigenvalue weighted by Gasteiger charge is 2.47. The zero-order chi connectivity index (χ0) is 24.2. The van der Waals surface area contributed by atoms with E-state index in [1.54, 1.807) is 36.5 Å². The van der Waals surface area contributed by atoms with Crippen LogP contribution in [-0.4, -0.2) is 39.9 Å². The van der Waals surface area contributed by atoms with Crippen LogP contribution in [0.25, 0.3) is 5.76 Å². The Morgan fingerprint density at radius 3 is 2.56 bits per heavy atom. The number of ether oxygens (including phenoxy) is 2. The van der Waals surface area contributed by atoms with Gasteiger partial charge in [-0.05, 0) is 62.0 Å². The number of ketones is 1. The van der Waals surface area contributed by atoms with E-state index in [0.29, 0.717) is 36.0 Å². The summed E-state index contributed by atoms with van der Waals surface area (Å²) in [5.41, 5.74) is 1.96. The van der Waals surface area contributed by atoms with E-state index in [1.807, 2.05) is 38.3 Å². The quantitative estimate of drug-likeness (QED) is 0.282. The monoisotopic (exact) mass is 478 g/mol. The summed E-state index contributed by atoms with van der Waals surface area (Å²) in [4.78, 5) is 33.1. The molecule has 3 aromatic rings. The van der Waals surface area contributed by atoms with Crippen LogP contribution in [0.2, 0.25) is 0 Å². The predicted octanol–water partition coefficient (Wildman–Crippen LogP) is 4.87. The second-order valence-electron chi connectivity index (χ2n) is 7.74. The van der Waals surface area contributed by atoms with Crippen LogP contribution in [0.4, 0.5) is 0 Å². The number of benzene rings is 1. The van der Waals surface area contributed by atoms with E-state index in [1.165, 1.54) is 16.2 Å². The van der Waals surface area contributed by atoms with Gasteiger partial charge in [-0.1, -0.05) is 6.07 Å². The third-order valence-electron chi connectivity index (χ3n) is 5.57. The first kappa shape index (κ1) is 23.5. The second-order valence-corrected chi connectivity index (χ2v) is 8.69. The van der Waals surface area contributed by atoms with Crippen molar-refractivity contribution in [2.45, 2.75) is 33.4 Å². The molecule has 1 saturated heterocycles. The van der Waals surface area contributed by atoms with Crippen molar-refractivity contribution < 1.29 is 24.2 Å². The average Bonchev–Trinajstić information content (AvgIpc) is 3.36. The van der Waals surface area contributed by atoms with Crippen molar-refractivity contribution in [2.24, 2.45) is 0 Å². The van der Waals surface area contributed by atoms with Crippen molar-refractivity contribution >= 4 is 28.8 Å². The predicted molar refractivity (Wildman–Crippen MR) is 130 cm³/mol. The molecular formula is C26H26N2O5S. The largest absolute Gasteiger partial charge is 0.507 e. The van der Waals surface area contributed by atoms with Gasteiger partial charge in [0.1, 0.15) is 23.3 Å². The molecule has 3 heterocycles. The molecule has 0 bridgehead atoms. The minimum absolute atomic E-state index is 0.0385. The molecule has 1 aliphatic heterocycles. The van der Waals surface area contributed by atoms with Crippen molar-refractivity contribution in [3.05, 3.63) is 81.3 Å². The lowest BCUT2D eigenvalue weighted by Gasteiger charge is -2.24. The minimum atomic E-state index is -0.734. The topological polar surface area (TPSA) is 89.0 Å². The van der Waals surface area contributed by atoms with Crippen LogP contribution in [-0.2, 0) is 16.1 Å². The number of likely N-dealkylation sites (tertiary alicyclic amines) is 1. The molecule has 1 atom stereocenters. The van der Waals surface area contributed by atoms with Crippen molar-refractivity contribution in [2.75, 3.05) is 13.2 Å². The van der Waals surface area contributed by atoms with Gasteiger partial charge in [-0.15, -0.1) is 11.3 Å². The maximum absolute atomic E-state index is 13.3. The first-order valence-corrected chi connectivity index (χ1v) is 12.0. The van der Waals surface area contributed by atoms with E-state index >= 15 is 0 Å². The third-order valence-corrected chi connectivity index (χ3v) is 6.64. The smallest absolute Gasteiger partial charge is 0.296 e. The van der Waals surface area contributed by atoms with E-state index in [9.17, 15) is 14.7 Å². The summed E-state index contributed by atoms with van der Waals surface area (Å²) in [5.74, 6) is -0.713. The lowest BCUT2D eigenvalue weighted by atomic mass is 9.97. The number of carbonyl (C=O) groups is 2. The van der Waals surface area contributed by atoms with Gasteiger partial charge in [-0.2, -0.15) is 0 Å². The highest BCUT2D eigenvalue weighted by molar-refractivity contribution is 7.10. The molecule has 0 saturated carbocycles. The molecule has 34 heavy (non-hydrogen) atoms. The fraction of sp³-hybridized carbons (Fsp3) is 0.269. The van der Waals surface area contributed by atoms with E-state index in [2.05, 4.69) is 4.98 Å². The summed E-state index contributed by atoms with van der Waals surface area (Å²) in [6.45, 7) is 6.62. The van der Waals surface area contributed by atoms with Gasteiger partial charge in [0.25, 0.3) is 11.7 Å². The first-order valence-electron chi connectivity index (χ1n) is 11.1. The molecule has 1 fully saturated rings. The number of thiophene rings is 1.